The Morgan fingerprint density at radius 1 is 1.33 bits per heavy atom. The van der Waals surface area contributed by atoms with Gasteiger partial charge in [0, 0.05) is 13.1 Å². The van der Waals surface area contributed by atoms with E-state index < -0.39 is 0 Å². The maximum atomic E-state index is 9.95. The Balaban J connectivity index is 2.22. The molecule has 1 atom stereocenters. The predicted molar refractivity (Wildman–Crippen MR) is 74.8 cm³/mol. The first kappa shape index (κ1) is 15.9. The summed E-state index contributed by atoms with van der Waals surface area (Å²) in [5, 5.41) is 13.3. The van der Waals surface area contributed by atoms with Crippen molar-refractivity contribution >= 4 is 0 Å². The molecule has 4 heteroatoms. The highest BCUT2D eigenvalue weighted by Gasteiger charge is 2.18. The fourth-order valence-electron chi connectivity index (χ4n) is 2.42. The fourth-order valence-corrected chi connectivity index (χ4v) is 2.42. The molecule has 1 aliphatic rings. The second-order valence-electron chi connectivity index (χ2n) is 5.58. The van der Waals surface area contributed by atoms with Crippen LogP contribution in [0.2, 0.25) is 0 Å². The molecule has 0 amide bonds. The molecule has 0 bridgehead atoms. The quantitative estimate of drug-likeness (QED) is 0.684. The highest BCUT2D eigenvalue weighted by atomic mass is 16.5. The summed E-state index contributed by atoms with van der Waals surface area (Å²) in [5.74, 6) is 0.782. The third kappa shape index (κ3) is 6.69. The van der Waals surface area contributed by atoms with Crippen LogP contribution in [0.1, 0.15) is 33.6 Å². The Bertz CT molecular complexity index is 206. The number of ether oxygens (including phenoxy) is 1. The summed E-state index contributed by atoms with van der Waals surface area (Å²) in [6.07, 6.45) is 2.35. The van der Waals surface area contributed by atoms with Gasteiger partial charge in [-0.05, 0) is 52.2 Å². The van der Waals surface area contributed by atoms with E-state index in [1.807, 2.05) is 13.8 Å². The number of rotatable bonds is 8. The van der Waals surface area contributed by atoms with Crippen LogP contribution in [-0.2, 0) is 4.74 Å². The largest absolute Gasteiger partial charge is 0.389 e. The van der Waals surface area contributed by atoms with Crippen LogP contribution in [0.5, 0.6) is 0 Å². The predicted octanol–water partition coefficient (Wildman–Crippen LogP) is 1.09. The topological polar surface area (TPSA) is 44.7 Å². The van der Waals surface area contributed by atoms with Gasteiger partial charge in [-0.15, -0.1) is 0 Å². The SMILES string of the molecule is CCN(CC(O)COC(C)C)CC1CCNCC1. The van der Waals surface area contributed by atoms with Gasteiger partial charge in [-0.3, -0.25) is 0 Å². The van der Waals surface area contributed by atoms with Crippen molar-refractivity contribution in [3.05, 3.63) is 0 Å². The van der Waals surface area contributed by atoms with Gasteiger partial charge >= 0.3 is 0 Å². The molecule has 1 rings (SSSR count). The van der Waals surface area contributed by atoms with Crippen molar-refractivity contribution in [1.29, 1.82) is 0 Å². The number of nitrogens with zero attached hydrogens (tertiary/aromatic N) is 1. The molecule has 108 valence electrons. The standard InChI is InChI=1S/C14H30N2O2/c1-4-16(9-13-5-7-15-8-6-13)10-14(17)11-18-12(2)3/h12-15,17H,4-11H2,1-3H3. The molecule has 4 nitrogen and oxygen atoms in total. The lowest BCUT2D eigenvalue weighted by Gasteiger charge is -2.30. The van der Waals surface area contributed by atoms with Gasteiger partial charge in [-0.2, -0.15) is 0 Å². The molecule has 1 heterocycles. The van der Waals surface area contributed by atoms with Crippen molar-refractivity contribution in [2.24, 2.45) is 5.92 Å². The second kappa shape index (κ2) is 8.86. The molecular formula is C14H30N2O2. The van der Waals surface area contributed by atoms with Crippen molar-refractivity contribution in [3.63, 3.8) is 0 Å². The zero-order valence-corrected chi connectivity index (χ0v) is 12.2. The van der Waals surface area contributed by atoms with E-state index in [-0.39, 0.29) is 12.2 Å². The molecule has 0 radical (unpaired) electrons. The third-order valence-corrected chi connectivity index (χ3v) is 3.51. The van der Waals surface area contributed by atoms with Crippen molar-refractivity contribution in [1.82, 2.24) is 10.2 Å². The van der Waals surface area contributed by atoms with Gasteiger partial charge in [0.2, 0.25) is 0 Å². The van der Waals surface area contributed by atoms with Crippen molar-refractivity contribution in [2.75, 3.05) is 39.3 Å². The molecule has 0 saturated carbocycles. The summed E-state index contributed by atoms with van der Waals surface area (Å²) in [5.41, 5.74) is 0. The first-order valence-corrected chi connectivity index (χ1v) is 7.34. The van der Waals surface area contributed by atoms with Crippen LogP contribution in [-0.4, -0.2) is 61.5 Å². The summed E-state index contributed by atoms with van der Waals surface area (Å²) in [7, 11) is 0. The molecule has 1 saturated heterocycles. The lowest BCUT2D eigenvalue weighted by molar-refractivity contribution is -0.0100. The molecule has 1 fully saturated rings. The Kier molecular flexibility index (Phi) is 7.82. The van der Waals surface area contributed by atoms with E-state index in [9.17, 15) is 5.11 Å². The van der Waals surface area contributed by atoms with Crippen LogP contribution in [0.25, 0.3) is 0 Å². The van der Waals surface area contributed by atoms with E-state index in [2.05, 4.69) is 17.1 Å². The molecular weight excluding hydrogens is 228 g/mol. The normalized spacial score (nSPS) is 19.7. The zero-order valence-electron chi connectivity index (χ0n) is 12.2. The summed E-state index contributed by atoms with van der Waals surface area (Å²) in [6.45, 7) is 11.7. The van der Waals surface area contributed by atoms with Gasteiger partial charge in [0.1, 0.15) is 0 Å². The minimum Gasteiger partial charge on any atom is -0.389 e. The van der Waals surface area contributed by atoms with Crippen molar-refractivity contribution < 1.29 is 9.84 Å². The summed E-state index contributed by atoms with van der Waals surface area (Å²) in [4.78, 5) is 2.35. The molecule has 2 N–H and O–H groups in total. The van der Waals surface area contributed by atoms with Gasteiger partial charge in [-0.1, -0.05) is 6.92 Å². The van der Waals surface area contributed by atoms with Crippen molar-refractivity contribution in [3.8, 4) is 0 Å². The number of likely N-dealkylation sites (N-methyl/N-ethyl adjacent to an activating group) is 1. The Labute approximate surface area is 112 Å². The summed E-state index contributed by atoms with van der Waals surface area (Å²) in [6, 6.07) is 0. The Morgan fingerprint density at radius 3 is 2.56 bits per heavy atom. The van der Waals surface area contributed by atoms with Crippen molar-refractivity contribution in [2.45, 2.75) is 45.8 Å². The molecule has 1 unspecified atom stereocenters. The second-order valence-corrected chi connectivity index (χ2v) is 5.58. The minimum absolute atomic E-state index is 0.194. The van der Waals surface area contributed by atoms with E-state index in [1.54, 1.807) is 0 Å². The molecule has 18 heavy (non-hydrogen) atoms. The van der Waals surface area contributed by atoms with E-state index >= 15 is 0 Å². The molecule has 0 spiro atoms. The third-order valence-electron chi connectivity index (χ3n) is 3.51. The molecule has 0 aromatic carbocycles. The average molecular weight is 258 g/mol. The van der Waals surface area contributed by atoms with Crippen LogP contribution in [0, 0.1) is 5.92 Å². The molecule has 0 aliphatic carbocycles. The average Bonchev–Trinajstić information content (AvgIpc) is 2.37. The number of hydrogen-bond acceptors (Lipinski definition) is 4. The first-order valence-electron chi connectivity index (χ1n) is 7.34. The fraction of sp³-hybridized carbons (Fsp3) is 1.00. The van der Waals surface area contributed by atoms with Crippen LogP contribution in [0.3, 0.4) is 0 Å². The van der Waals surface area contributed by atoms with E-state index in [0.29, 0.717) is 6.61 Å². The van der Waals surface area contributed by atoms with Gasteiger partial charge in [-0.25, -0.2) is 0 Å². The lowest BCUT2D eigenvalue weighted by atomic mass is 9.97. The smallest absolute Gasteiger partial charge is 0.0900 e. The zero-order chi connectivity index (χ0) is 13.4. The lowest BCUT2D eigenvalue weighted by Crippen LogP contribution is -2.40. The van der Waals surface area contributed by atoms with E-state index in [1.165, 1.54) is 12.8 Å². The van der Waals surface area contributed by atoms with Crippen LogP contribution in [0.15, 0.2) is 0 Å². The maximum absolute atomic E-state index is 9.95. The minimum atomic E-state index is -0.367. The first-order chi connectivity index (χ1) is 8.61. The van der Waals surface area contributed by atoms with Crippen LogP contribution >= 0.6 is 0 Å². The number of aliphatic hydroxyl groups is 1. The van der Waals surface area contributed by atoms with E-state index in [4.69, 9.17) is 4.74 Å². The van der Waals surface area contributed by atoms with Crippen LogP contribution in [0.4, 0.5) is 0 Å². The number of nitrogens with one attached hydrogen (secondary N) is 1. The van der Waals surface area contributed by atoms with Gasteiger partial charge in [0.05, 0.1) is 18.8 Å². The Morgan fingerprint density at radius 2 is 2.00 bits per heavy atom. The summed E-state index contributed by atoms with van der Waals surface area (Å²) >= 11 is 0. The number of aliphatic hydroxyl groups excluding tert-OH is 1. The van der Waals surface area contributed by atoms with Gasteiger partial charge < -0.3 is 20.1 Å². The van der Waals surface area contributed by atoms with Gasteiger partial charge in [0.15, 0.2) is 0 Å². The molecule has 1 aliphatic heterocycles. The molecule has 0 aromatic heterocycles. The highest BCUT2D eigenvalue weighted by molar-refractivity contribution is 4.73. The monoisotopic (exact) mass is 258 g/mol. The molecule has 0 aromatic rings. The van der Waals surface area contributed by atoms with E-state index in [0.717, 1.165) is 38.6 Å². The number of hydrogen-bond donors (Lipinski definition) is 2. The number of piperidine rings is 1. The van der Waals surface area contributed by atoms with Gasteiger partial charge in [0.25, 0.3) is 0 Å². The van der Waals surface area contributed by atoms with Crippen LogP contribution < -0.4 is 5.32 Å². The Hall–Kier alpha value is -0.160. The highest BCUT2D eigenvalue weighted by Crippen LogP contribution is 2.13. The summed E-state index contributed by atoms with van der Waals surface area (Å²) < 4.78 is 5.45. The maximum Gasteiger partial charge on any atom is 0.0900 e.